The Morgan fingerprint density at radius 3 is 2.45 bits per heavy atom. The molecule has 20 heavy (non-hydrogen) atoms. The van der Waals surface area contributed by atoms with E-state index in [9.17, 15) is 4.79 Å². The molecule has 0 aromatic heterocycles. The molecule has 0 aromatic carbocycles. The highest BCUT2D eigenvalue weighted by molar-refractivity contribution is 5.67. The molecule has 3 fully saturated rings. The number of ether oxygens (including phenoxy) is 1. The number of carbonyl (C=O) groups excluding carboxylic acids is 1. The van der Waals surface area contributed by atoms with Crippen molar-refractivity contribution in [3.63, 3.8) is 0 Å². The average molecular weight is 281 g/mol. The van der Waals surface area contributed by atoms with Crippen LogP contribution in [0.1, 0.15) is 39.0 Å². The SMILES string of the molecule is CCOC(=O)N1CCC(NC2CCN(C3CC3)C2)CC1. The summed E-state index contributed by atoms with van der Waals surface area (Å²) < 4.78 is 5.06. The molecule has 1 N–H and O–H groups in total. The third-order valence-electron chi connectivity index (χ3n) is 4.78. The zero-order valence-electron chi connectivity index (χ0n) is 12.5. The summed E-state index contributed by atoms with van der Waals surface area (Å²) in [6.07, 6.45) is 6.06. The molecule has 1 atom stereocenters. The van der Waals surface area contributed by atoms with Gasteiger partial charge in [-0.25, -0.2) is 4.79 Å². The Morgan fingerprint density at radius 1 is 1.10 bits per heavy atom. The third-order valence-corrected chi connectivity index (χ3v) is 4.78. The maximum atomic E-state index is 11.7. The van der Waals surface area contributed by atoms with Crippen LogP contribution in [0.15, 0.2) is 0 Å². The van der Waals surface area contributed by atoms with Gasteiger partial charge in [0.1, 0.15) is 0 Å². The van der Waals surface area contributed by atoms with Gasteiger partial charge in [-0.3, -0.25) is 4.90 Å². The van der Waals surface area contributed by atoms with E-state index in [1.54, 1.807) is 0 Å². The van der Waals surface area contributed by atoms with Gasteiger partial charge in [0.25, 0.3) is 0 Å². The van der Waals surface area contributed by atoms with E-state index in [4.69, 9.17) is 4.74 Å². The minimum atomic E-state index is -0.147. The molecule has 1 saturated carbocycles. The molecule has 3 rings (SSSR count). The number of nitrogens with one attached hydrogen (secondary N) is 1. The summed E-state index contributed by atoms with van der Waals surface area (Å²) in [4.78, 5) is 16.1. The lowest BCUT2D eigenvalue weighted by Gasteiger charge is -2.33. The molecule has 3 aliphatic rings. The van der Waals surface area contributed by atoms with E-state index in [2.05, 4.69) is 10.2 Å². The van der Waals surface area contributed by atoms with Crippen molar-refractivity contribution in [1.82, 2.24) is 15.1 Å². The number of likely N-dealkylation sites (tertiary alicyclic amines) is 2. The van der Waals surface area contributed by atoms with Crippen LogP contribution in [0.5, 0.6) is 0 Å². The fraction of sp³-hybridized carbons (Fsp3) is 0.933. The highest BCUT2D eigenvalue weighted by Crippen LogP contribution is 2.30. The first-order valence-corrected chi connectivity index (χ1v) is 8.18. The number of hydrogen-bond donors (Lipinski definition) is 1. The fourth-order valence-corrected chi connectivity index (χ4v) is 3.47. The van der Waals surface area contributed by atoms with E-state index >= 15 is 0 Å². The van der Waals surface area contributed by atoms with Crippen LogP contribution < -0.4 is 5.32 Å². The van der Waals surface area contributed by atoms with Crippen LogP contribution in [0, 0.1) is 0 Å². The predicted octanol–water partition coefficient (Wildman–Crippen LogP) is 1.43. The summed E-state index contributed by atoms with van der Waals surface area (Å²) in [7, 11) is 0. The van der Waals surface area contributed by atoms with Gasteiger partial charge in [0.2, 0.25) is 0 Å². The summed E-state index contributed by atoms with van der Waals surface area (Å²) in [5.74, 6) is 0. The van der Waals surface area contributed by atoms with Gasteiger partial charge in [0.05, 0.1) is 6.61 Å². The van der Waals surface area contributed by atoms with Crippen molar-refractivity contribution in [2.75, 3.05) is 32.8 Å². The number of amides is 1. The van der Waals surface area contributed by atoms with Crippen LogP contribution in [0.3, 0.4) is 0 Å². The van der Waals surface area contributed by atoms with Crippen LogP contribution in [-0.2, 0) is 4.74 Å². The highest BCUT2D eigenvalue weighted by Gasteiger charge is 2.35. The quantitative estimate of drug-likeness (QED) is 0.847. The number of piperidine rings is 1. The Morgan fingerprint density at radius 2 is 1.80 bits per heavy atom. The first-order valence-electron chi connectivity index (χ1n) is 8.18. The maximum Gasteiger partial charge on any atom is 0.409 e. The summed E-state index contributed by atoms with van der Waals surface area (Å²) >= 11 is 0. The summed E-state index contributed by atoms with van der Waals surface area (Å²) in [5.41, 5.74) is 0. The smallest absolute Gasteiger partial charge is 0.409 e. The van der Waals surface area contributed by atoms with E-state index in [0.717, 1.165) is 32.0 Å². The van der Waals surface area contributed by atoms with E-state index in [0.29, 0.717) is 18.7 Å². The minimum Gasteiger partial charge on any atom is -0.450 e. The van der Waals surface area contributed by atoms with Gasteiger partial charge in [-0.1, -0.05) is 0 Å². The summed E-state index contributed by atoms with van der Waals surface area (Å²) in [6, 6.07) is 2.13. The third kappa shape index (κ3) is 3.44. The van der Waals surface area contributed by atoms with Crippen molar-refractivity contribution < 1.29 is 9.53 Å². The molecule has 5 heteroatoms. The van der Waals surface area contributed by atoms with Crippen molar-refractivity contribution >= 4 is 6.09 Å². The lowest BCUT2D eigenvalue weighted by molar-refractivity contribution is 0.0942. The zero-order valence-corrected chi connectivity index (χ0v) is 12.5. The number of hydrogen-bond acceptors (Lipinski definition) is 4. The molecule has 0 radical (unpaired) electrons. The van der Waals surface area contributed by atoms with Gasteiger partial charge in [-0.2, -0.15) is 0 Å². The lowest BCUT2D eigenvalue weighted by Crippen LogP contribution is -2.48. The Labute approximate surface area is 121 Å². The Balaban J connectivity index is 1.37. The van der Waals surface area contributed by atoms with Gasteiger partial charge in [0.15, 0.2) is 0 Å². The Kier molecular flexibility index (Phi) is 4.46. The average Bonchev–Trinajstić information content (AvgIpc) is 3.21. The van der Waals surface area contributed by atoms with Gasteiger partial charge < -0.3 is 15.0 Å². The standard InChI is InChI=1S/C15H27N3O2/c1-2-20-15(19)17-8-5-12(6-9-17)16-13-7-10-18(11-13)14-3-4-14/h12-14,16H,2-11H2,1H3. The second kappa shape index (κ2) is 6.31. The minimum absolute atomic E-state index is 0.147. The van der Waals surface area contributed by atoms with Crippen molar-refractivity contribution in [2.45, 2.75) is 57.2 Å². The van der Waals surface area contributed by atoms with Gasteiger partial charge in [-0.15, -0.1) is 0 Å². The molecule has 0 aromatic rings. The van der Waals surface area contributed by atoms with Crippen LogP contribution in [0.25, 0.3) is 0 Å². The summed E-state index contributed by atoms with van der Waals surface area (Å²) in [6.45, 7) is 6.48. The number of rotatable bonds is 4. The highest BCUT2D eigenvalue weighted by atomic mass is 16.6. The molecule has 5 nitrogen and oxygen atoms in total. The van der Waals surface area contributed by atoms with Crippen LogP contribution >= 0.6 is 0 Å². The van der Waals surface area contributed by atoms with Gasteiger partial charge in [0, 0.05) is 44.3 Å². The zero-order chi connectivity index (χ0) is 13.9. The second-order valence-electron chi connectivity index (χ2n) is 6.34. The topological polar surface area (TPSA) is 44.8 Å². The molecule has 114 valence electrons. The molecule has 2 heterocycles. The van der Waals surface area contributed by atoms with Crippen LogP contribution in [0.2, 0.25) is 0 Å². The first kappa shape index (κ1) is 14.1. The molecular weight excluding hydrogens is 254 g/mol. The van der Waals surface area contributed by atoms with E-state index in [-0.39, 0.29) is 6.09 Å². The van der Waals surface area contributed by atoms with Crippen molar-refractivity contribution in [2.24, 2.45) is 0 Å². The molecule has 1 aliphatic carbocycles. The normalized spacial score (nSPS) is 28.9. The van der Waals surface area contributed by atoms with E-state index < -0.39 is 0 Å². The second-order valence-corrected chi connectivity index (χ2v) is 6.34. The predicted molar refractivity (Wildman–Crippen MR) is 77.8 cm³/mol. The molecule has 0 spiro atoms. The molecule has 2 saturated heterocycles. The monoisotopic (exact) mass is 281 g/mol. The van der Waals surface area contributed by atoms with Crippen LogP contribution in [-0.4, -0.2) is 66.8 Å². The summed E-state index contributed by atoms with van der Waals surface area (Å²) in [5, 5.41) is 3.80. The fourth-order valence-electron chi connectivity index (χ4n) is 3.47. The van der Waals surface area contributed by atoms with Gasteiger partial charge >= 0.3 is 6.09 Å². The van der Waals surface area contributed by atoms with Crippen LogP contribution in [0.4, 0.5) is 4.79 Å². The van der Waals surface area contributed by atoms with E-state index in [1.807, 2.05) is 11.8 Å². The lowest BCUT2D eigenvalue weighted by atomic mass is 10.0. The number of carbonyl (C=O) groups is 1. The molecule has 0 bridgehead atoms. The van der Waals surface area contributed by atoms with Crippen molar-refractivity contribution in [3.05, 3.63) is 0 Å². The molecule has 2 aliphatic heterocycles. The van der Waals surface area contributed by atoms with Gasteiger partial charge in [-0.05, 0) is 39.0 Å². The molecule has 1 unspecified atom stereocenters. The van der Waals surface area contributed by atoms with Crippen molar-refractivity contribution in [1.29, 1.82) is 0 Å². The largest absolute Gasteiger partial charge is 0.450 e. The first-order chi connectivity index (χ1) is 9.76. The maximum absolute atomic E-state index is 11.7. The Bertz CT molecular complexity index is 338. The Hall–Kier alpha value is -0.810. The van der Waals surface area contributed by atoms with E-state index in [1.165, 1.54) is 32.4 Å². The van der Waals surface area contributed by atoms with Crippen molar-refractivity contribution in [3.8, 4) is 0 Å². The molecule has 1 amide bonds. The molecular formula is C15H27N3O2. The number of nitrogens with zero attached hydrogens (tertiary/aromatic N) is 2.